The first-order valence-corrected chi connectivity index (χ1v) is 9.95. The Labute approximate surface area is 170 Å². The van der Waals surface area contributed by atoms with Gasteiger partial charge in [0.05, 0.1) is 5.69 Å². The van der Waals surface area contributed by atoms with Gasteiger partial charge >= 0.3 is 0 Å². The van der Waals surface area contributed by atoms with Crippen LogP contribution in [-0.2, 0) is 4.79 Å². The van der Waals surface area contributed by atoms with E-state index in [1.165, 1.54) is 0 Å². The quantitative estimate of drug-likeness (QED) is 0.694. The first kappa shape index (κ1) is 19.0. The summed E-state index contributed by atoms with van der Waals surface area (Å²) in [5, 5.41) is 11.4. The predicted molar refractivity (Wildman–Crippen MR) is 115 cm³/mol. The molecule has 1 saturated heterocycles. The second-order valence-electron chi connectivity index (χ2n) is 7.51. The lowest BCUT2D eigenvalue weighted by Gasteiger charge is -2.33. The zero-order valence-corrected chi connectivity index (χ0v) is 16.8. The van der Waals surface area contributed by atoms with E-state index >= 15 is 0 Å². The first-order valence-electron chi connectivity index (χ1n) is 9.95. The molecule has 1 atom stereocenters. The maximum atomic E-state index is 11.7. The van der Waals surface area contributed by atoms with E-state index in [4.69, 9.17) is 0 Å². The molecular formula is C22H26N6O. The molecule has 7 nitrogen and oxygen atoms in total. The molecule has 2 heterocycles. The molecule has 0 saturated carbocycles. The van der Waals surface area contributed by atoms with Crippen LogP contribution in [0.5, 0.6) is 0 Å². The highest BCUT2D eigenvalue weighted by molar-refractivity contribution is 5.73. The first-order chi connectivity index (χ1) is 14.1. The summed E-state index contributed by atoms with van der Waals surface area (Å²) in [5.41, 5.74) is 4.06. The molecule has 7 heteroatoms. The van der Waals surface area contributed by atoms with Gasteiger partial charge in [0.2, 0.25) is 11.9 Å². The standard InChI is InChI=1S/C22H26N6O/c1-16-11-19(24-18-7-6-10-27(14-18)17(2)29)13-20(12-16)25-22-23-15-28(26-22)21-8-4-3-5-9-21/h3-5,8-9,11-13,15,18,24H,6-7,10,14H2,1-2H3,(H,25,26). The highest BCUT2D eigenvalue weighted by Gasteiger charge is 2.21. The number of rotatable bonds is 5. The molecule has 4 rings (SSSR count). The molecule has 2 N–H and O–H groups in total. The molecule has 1 unspecified atom stereocenters. The second-order valence-corrected chi connectivity index (χ2v) is 7.51. The number of aryl methyl sites for hydroxylation is 1. The molecule has 0 radical (unpaired) electrons. The van der Waals surface area contributed by atoms with Crippen LogP contribution in [0.15, 0.2) is 54.9 Å². The van der Waals surface area contributed by atoms with Crippen LogP contribution in [-0.4, -0.2) is 44.7 Å². The summed E-state index contributed by atoms with van der Waals surface area (Å²) in [4.78, 5) is 18.0. The minimum atomic E-state index is 0.142. The summed E-state index contributed by atoms with van der Waals surface area (Å²) in [7, 11) is 0. The summed E-state index contributed by atoms with van der Waals surface area (Å²) in [6, 6.07) is 16.4. The third-order valence-electron chi connectivity index (χ3n) is 5.08. The number of benzene rings is 2. The van der Waals surface area contributed by atoms with E-state index in [1.807, 2.05) is 35.2 Å². The predicted octanol–water partition coefficient (Wildman–Crippen LogP) is 3.74. The lowest BCUT2D eigenvalue weighted by molar-refractivity contribution is -0.129. The van der Waals surface area contributed by atoms with Crippen LogP contribution in [0.25, 0.3) is 5.69 Å². The minimum Gasteiger partial charge on any atom is -0.380 e. The largest absolute Gasteiger partial charge is 0.380 e. The Morgan fingerprint density at radius 1 is 1.14 bits per heavy atom. The van der Waals surface area contributed by atoms with Crippen LogP contribution in [0.3, 0.4) is 0 Å². The van der Waals surface area contributed by atoms with E-state index in [9.17, 15) is 4.79 Å². The van der Waals surface area contributed by atoms with Crippen molar-refractivity contribution in [2.75, 3.05) is 23.7 Å². The minimum absolute atomic E-state index is 0.142. The van der Waals surface area contributed by atoms with E-state index in [0.717, 1.165) is 48.6 Å². The molecule has 3 aromatic rings. The molecule has 0 bridgehead atoms. The van der Waals surface area contributed by atoms with Gasteiger partial charge in [-0.25, -0.2) is 4.68 Å². The number of anilines is 3. The van der Waals surface area contributed by atoms with Gasteiger partial charge in [-0.2, -0.15) is 4.98 Å². The van der Waals surface area contributed by atoms with Crippen LogP contribution < -0.4 is 10.6 Å². The average Bonchev–Trinajstić information content (AvgIpc) is 3.17. The van der Waals surface area contributed by atoms with Gasteiger partial charge in [0, 0.05) is 37.4 Å². The van der Waals surface area contributed by atoms with Gasteiger partial charge in [-0.05, 0) is 55.7 Å². The van der Waals surface area contributed by atoms with Gasteiger partial charge in [-0.3, -0.25) is 4.79 Å². The Morgan fingerprint density at radius 3 is 2.72 bits per heavy atom. The number of nitrogens with zero attached hydrogens (tertiary/aromatic N) is 4. The molecule has 150 valence electrons. The molecule has 29 heavy (non-hydrogen) atoms. The lowest BCUT2D eigenvalue weighted by atomic mass is 10.0. The molecular weight excluding hydrogens is 364 g/mol. The SMILES string of the molecule is CC(=O)N1CCCC(Nc2cc(C)cc(Nc3ncn(-c4ccccc4)n3)c2)C1. The van der Waals surface area contributed by atoms with E-state index in [1.54, 1.807) is 17.9 Å². The number of carbonyl (C=O) groups is 1. The number of hydrogen-bond donors (Lipinski definition) is 2. The number of para-hydroxylation sites is 1. The van der Waals surface area contributed by atoms with Crippen molar-refractivity contribution in [1.82, 2.24) is 19.7 Å². The number of amides is 1. The normalized spacial score (nSPS) is 16.5. The Morgan fingerprint density at radius 2 is 1.93 bits per heavy atom. The van der Waals surface area contributed by atoms with E-state index in [2.05, 4.69) is 45.8 Å². The Balaban J connectivity index is 1.46. The summed E-state index contributed by atoms with van der Waals surface area (Å²) in [6.45, 7) is 5.30. The van der Waals surface area contributed by atoms with Crippen LogP contribution in [0.4, 0.5) is 17.3 Å². The fourth-order valence-electron chi connectivity index (χ4n) is 3.71. The van der Waals surface area contributed by atoms with Gasteiger partial charge in [0.15, 0.2) is 0 Å². The van der Waals surface area contributed by atoms with Crippen molar-refractivity contribution >= 4 is 23.2 Å². The molecule has 0 spiro atoms. The fourth-order valence-corrected chi connectivity index (χ4v) is 3.71. The van der Waals surface area contributed by atoms with Crippen molar-refractivity contribution in [2.45, 2.75) is 32.7 Å². The number of nitrogens with one attached hydrogen (secondary N) is 2. The van der Waals surface area contributed by atoms with Gasteiger partial charge < -0.3 is 15.5 Å². The van der Waals surface area contributed by atoms with Crippen LogP contribution in [0.2, 0.25) is 0 Å². The van der Waals surface area contributed by atoms with Crippen LogP contribution >= 0.6 is 0 Å². The molecule has 0 aliphatic carbocycles. The monoisotopic (exact) mass is 390 g/mol. The van der Waals surface area contributed by atoms with E-state index in [-0.39, 0.29) is 11.9 Å². The zero-order valence-electron chi connectivity index (χ0n) is 16.8. The summed E-state index contributed by atoms with van der Waals surface area (Å²) in [6.07, 6.45) is 3.78. The van der Waals surface area contributed by atoms with E-state index < -0.39 is 0 Å². The number of piperidine rings is 1. The second kappa shape index (κ2) is 8.34. The molecule has 1 aliphatic rings. The molecule has 2 aromatic carbocycles. The van der Waals surface area contributed by atoms with Crippen molar-refractivity contribution in [3.05, 3.63) is 60.4 Å². The van der Waals surface area contributed by atoms with Gasteiger partial charge in [0.25, 0.3) is 0 Å². The number of aromatic nitrogens is 3. The highest BCUT2D eigenvalue weighted by Crippen LogP contribution is 2.23. The zero-order chi connectivity index (χ0) is 20.2. The summed E-state index contributed by atoms with van der Waals surface area (Å²) >= 11 is 0. The van der Waals surface area contributed by atoms with Crippen molar-refractivity contribution in [3.8, 4) is 5.69 Å². The van der Waals surface area contributed by atoms with Gasteiger partial charge in [0.1, 0.15) is 6.33 Å². The van der Waals surface area contributed by atoms with Crippen molar-refractivity contribution in [1.29, 1.82) is 0 Å². The maximum Gasteiger partial charge on any atom is 0.246 e. The summed E-state index contributed by atoms with van der Waals surface area (Å²) < 4.78 is 1.75. The van der Waals surface area contributed by atoms with Crippen LogP contribution in [0, 0.1) is 6.92 Å². The lowest BCUT2D eigenvalue weighted by Crippen LogP contribution is -2.44. The van der Waals surface area contributed by atoms with E-state index in [0.29, 0.717) is 5.95 Å². The van der Waals surface area contributed by atoms with Gasteiger partial charge in [-0.1, -0.05) is 18.2 Å². The number of carbonyl (C=O) groups excluding carboxylic acids is 1. The molecule has 1 aromatic heterocycles. The maximum absolute atomic E-state index is 11.7. The average molecular weight is 390 g/mol. The molecule has 1 aliphatic heterocycles. The van der Waals surface area contributed by atoms with Gasteiger partial charge in [-0.15, -0.1) is 5.10 Å². The molecule has 1 fully saturated rings. The van der Waals surface area contributed by atoms with Crippen molar-refractivity contribution in [2.24, 2.45) is 0 Å². The van der Waals surface area contributed by atoms with Crippen LogP contribution in [0.1, 0.15) is 25.3 Å². The Kier molecular flexibility index (Phi) is 5.46. The Bertz CT molecular complexity index is 984. The highest BCUT2D eigenvalue weighted by atomic mass is 16.2. The Hall–Kier alpha value is -3.35. The third kappa shape index (κ3) is 4.74. The summed E-state index contributed by atoms with van der Waals surface area (Å²) in [5.74, 6) is 0.689. The third-order valence-corrected chi connectivity index (χ3v) is 5.08. The topological polar surface area (TPSA) is 75.1 Å². The fraction of sp³-hybridized carbons (Fsp3) is 0.318. The molecule has 1 amide bonds. The van der Waals surface area contributed by atoms with Crippen molar-refractivity contribution in [3.63, 3.8) is 0 Å². The number of likely N-dealkylation sites (tertiary alicyclic amines) is 1. The van der Waals surface area contributed by atoms with Crippen molar-refractivity contribution < 1.29 is 4.79 Å². The smallest absolute Gasteiger partial charge is 0.246 e. The number of hydrogen-bond acceptors (Lipinski definition) is 5.